The molecule has 4 nitrogen and oxygen atoms in total. The summed E-state index contributed by atoms with van der Waals surface area (Å²) < 4.78 is 56.9. The van der Waals surface area contributed by atoms with Gasteiger partial charge in [0.1, 0.15) is 11.3 Å². The molecule has 0 aliphatic heterocycles. The Morgan fingerprint density at radius 2 is 1.68 bits per heavy atom. The van der Waals surface area contributed by atoms with Crippen LogP contribution in [0.5, 0.6) is 0 Å². The maximum Gasteiger partial charge on any atom is 0.416 e. The Bertz CT molecular complexity index is 1500. The molecule has 4 aromatic rings. The molecule has 2 heterocycles. The van der Waals surface area contributed by atoms with Gasteiger partial charge < -0.3 is 0 Å². The van der Waals surface area contributed by atoms with Crippen molar-refractivity contribution in [3.8, 4) is 0 Å². The van der Waals surface area contributed by atoms with Gasteiger partial charge in [0.2, 0.25) is 0 Å². The van der Waals surface area contributed by atoms with E-state index >= 15 is 0 Å². The van der Waals surface area contributed by atoms with Crippen LogP contribution < -0.4 is 5.56 Å². The number of alkyl halides is 3. The minimum absolute atomic E-state index is 0.00223. The minimum atomic E-state index is -4.54. The number of benzene rings is 2. The number of pyridine rings is 1. The van der Waals surface area contributed by atoms with E-state index in [9.17, 15) is 22.4 Å². The van der Waals surface area contributed by atoms with Gasteiger partial charge in [-0.1, -0.05) is 30.3 Å². The van der Waals surface area contributed by atoms with Crippen molar-refractivity contribution in [2.24, 2.45) is 0 Å². The second kappa shape index (κ2) is 9.72. The van der Waals surface area contributed by atoms with E-state index in [4.69, 9.17) is 0 Å². The first-order valence-electron chi connectivity index (χ1n) is 12.4. The quantitative estimate of drug-likeness (QED) is 0.277. The van der Waals surface area contributed by atoms with Crippen LogP contribution in [0.25, 0.3) is 11.2 Å². The van der Waals surface area contributed by atoms with Crippen molar-refractivity contribution >= 4 is 11.2 Å². The van der Waals surface area contributed by atoms with Crippen molar-refractivity contribution in [3.05, 3.63) is 104 Å². The molecule has 2 aromatic carbocycles. The van der Waals surface area contributed by atoms with Crippen LogP contribution in [0.2, 0.25) is 0 Å². The van der Waals surface area contributed by atoms with Gasteiger partial charge in [-0.2, -0.15) is 13.2 Å². The number of hydrogen-bond donors (Lipinski definition) is 0. The fraction of sp³-hybridized carbons (Fsp3) is 0.345. The molecule has 0 atom stereocenters. The lowest BCUT2D eigenvalue weighted by molar-refractivity contribution is -0.138. The number of halogens is 4. The van der Waals surface area contributed by atoms with Gasteiger partial charge in [0.25, 0.3) is 5.56 Å². The molecule has 0 bridgehead atoms. The van der Waals surface area contributed by atoms with Gasteiger partial charge in [0.05, 0.1) is 17.8 Å². The average Bonchev–Trinajstić information content (AvgIpc) is 2.86. The van der Waals surface area contributed by atoms with Gasteiger partial charge in [0.15, 0.2) is 5.65 Å². The predicted molar refractivity (Wildman–Crippen MR) is 134 cm³/mol. The Morgan fingerprint density at radius 3 is 2.38 bits per heavy atom. The molecular weight excluding hydrogens is 482 g/mol. The summed E-state index contributed by atoms with van der Waals surface area (Å²) >= 11 is 0. The molecule has 0 radical (unpaired) electrons. The molecule has 2 aromatic heterocycles. The Kier molecular flexibility index (Phi) is 6.60. The lowest BCUT2D eigenvalue weighted by Crippen LogP contribution is -2.29. The van der Waals surface area contributed by atoms with Crippen molar-refractivity contribution in [1.29, 1.82) is 0 Å². The van der Waals surface area contributed by atoms with Gasteiger partial charge in [-0.05, 0) is 86.3 Å². The van der Waals surface area contributed by atoms with Gasteiger partial charge in [-0.3, -0.25) is 14.3 Å². The van der Waals surface area contributed by atoms with Crippen LogP contribution in [-0.4, -0.2) is 14.5 Å². The van der Waals surface area contributed by atoms with Crippen molar-refractivity contribution in [3.63, 3.8) is 0 Å². The number of rotatable bonds is 4. The van der Waals surface area contributed by atoms with Crippen molar-refractivity contribution in [1.82, 2.24) is 14.5 Å². The summed E-state index contributed by atoms with van der Waals surface area (Å²) in [6, 6.07) is 12.1. The van der Waals surface area contributed by atoms with Gasteiger partial charge in [-0.15, -0.1) is 0 Å². The molecular formula is C29H27F4N3O. The average molecular weight is 510 g/mol. The third-order valence-corrected chi connectivity index (χ3v) is 7.44. The topological polar surface area (TPSA) is 47.8 Å². The standard InChI is InChI=1S/C29H27F4N3O/c1-17-6-5-9-24(30)26(17)20-12-10-19(11-13-20)22-14-25-27(35-18(2)15-34-25)36(28(22)37)16-21-7-3-4-8-23(21)29(31,32)33/h3-9,14-15,19-20H,10-13,16H2,1-2H3/t19-,20-. The van der Waals surface area contributed by atoms with E-state index in [1.807, 2.05) is 13.0 Å². The lowest BCUT2D eigenvalue weighted by Gasteiger charge is -2.30. The van der Waals surface area contributed by atoms with E-state index < -0.39 is 11.7 Å². The van der Waals surface area contributed by atoms with E-state index in [-0.39, 0.29) is 41.0 Å². The van der Waals surface area contributed by atoms with E-state index in [1.165, 1.54) is 28.8 Å². The predicted octanol–water partition coefficient (Wildman–Crippen LogP) is 7.06. The molecule has 1 saturated carbocycles. The number of hydrogen-bond acceptors (Lipinski definition) is 3. The highest BCUT2D eigenvalue weighted by molar-refractivity contribution is 5.71. The first kappa shape index (κ1) is 25.1. The third-order valence-electron chi connectivity index (χ3n) is 7.44. The van der Waals surface area contributed by atoms with Crippen molar-refractivity contribution < 1.29 is 17.6 Å². The molecule has 0 saturated heterocycles. The largest absolute Gasteiger partial charge is 0.416 e. The zero-order chi connectivity index (χ0) is 26.3. The van der Waals surface area contributed by atoms with Crippen LogP contribution >= 0.6 is 0 Å². The highest BCUT2D eigenvalue weighted by atomic mass is 19.4. The molecule has 1 aliphatic carbocycles. The maximum absolute atomic E-state index is 14.6. The van der Waals surface area contributed by atoms with E-state index in [2.05, 4.69) is 9.97 Å². The molecule has 0 amide bonds. The Balaban J connectivity index is 1.53. The Labute approximate surface area is 212 Å². The summed E-state index contributed by atoms with van der Waals surface area (Å²) in [7, 11) is 0. The van der Waals surface area contributed by atoms with Crippen LogP contribution in [0.15, 0.2) is 59.5 Å². The molecule has 1 aliphatic rings. The Morgan fingerprint density at radius 1 is 0.973 bits per heavy atom. The van der Waals surface area contributed by atoms with Crippen LogP contribution in [0.1, 0.15) is 71.0 Å². The highest BCUT2D eigenvalue weighted by Gasteiger charge is 2.34. The summed E-state index contributed by atoms with van der Waals surface area (Å²) in [5.74, 6) is -0.223. The second-order valence-corrected chi connectivity index (χ2v) is 9.89. The fourth-order valence-corrected chi connectivity index (χ4v) is 5.63. The number of nitrogens with zero attached hydrogens (tertiary/aromatic N) is 3. The molecule has 5 rings (SSSR count). The van der Waals surface area contributed by atoms with Gasteiger partial charge >= 0.3 is 6.18 Å². The molecule has 37 heavy (non-hydrogen) atoms. The highest BCUT2D eigenvalue weighted by Crippen LogP contribution is 2.42. The fourth-order valence-electron chi connectivity index (χ4n) is 5.63. The molecule has 0 unspecified atom stereocenters. The number of aryl methyl sites for hydroxylation is 2. The summed E-state index contributed by atoms with van der Waals surface area (Å²) in [5.41, 5.74) is 2.36. The third kappa shape index (κ3) is 4.89. The SMILES string of the molecule is Cc1cnc2cc([C@H]3CC[C@H](c4c(C)cccc4F)CC3)c(=O)n(Cc3ccccc3C(F)(F)F)c2n1. The number of aromatic nitrogens is 3. The monoisotopic (exact) mass is 509 g/mol. The second-order valence-electron chi connectivity index (χ2n) is 9.89. The first-order chi connectivity index (χ1) is 17.6. The summed E-state index contributed by atoms with van der Waals surface area (Å²) in [4.78, 5) is 22.7. The van der Waals surface area contributed by atoms with E-state index in [0.717, 1.165) is 30.0 Å². The zero-order valence-corrected chi connectivity index (χ0v) is 20.6. The summed E-state index contributed by atoms with van der Waals surface area (Å²) in [5, 5.41) is 0. The van der Waals surface area contributed by atoms with Crippen LogP contribution in [0.3, 0.4) is 0 Å². The van der Waals surface area contributed by atoms with E-state index in [0.29, 0.717) is 29.6 Å². The molecule has 0 N–H and O–H groups in total. The van der Waals surface area contributed by atoms with Crippen molar-refractivity contribution in [2.75, 3.05) is 0 Å². The van der Waals surface area contributed by atoms with Crippen LogP contribution in [-0.2, 0) is 12.7 Å². The Hall–Kier alpha value is -3.55. The summed E-state index contributed by atoms with van der Waals surface area (Å²) in [6.07, 6.45) is -0.156. The van der Waals surface area contributed by atoms with E-state index in [1.54, 1.807) is 25.3 Å². The van der Waals surface area contributed by atoms with Crippen molar-refractivity contribution in [2.45, 2.75) is 64.1 Å². The zero-order valence-electron chi connectivity index (χ0n) is 20.6. The normalized spacial score (nSPS) is 18.3. The molecule has 1 fully saturated rings. The molecule has 192 valence electrons. The van der Waals surface area contributed by atoms with Gasteiger partial charge in [0, 0.05) is 11.8 Å². The van der Waals surface area contributed by atoms with Crippen LogP contribution in [0, 0.1) is 19.7 Å². The smallest absolute Gasteiger partial charge is 0.287 e. The molecule has 0 spiro atoms. The lowest BCUT2D eigenvalue weighted by atomic mass is 9.75. The van der Waals surface area contributed by atoms with Crippen LogP contribution in [0.4, 0.5) is 17.6 Å². The summed E-state index contributed by atoms with van der Waals surface area (Å²) in [6.45, 7) is 3.37. The minimum Gasteiger partial charge on any atom is -0.287 e. The van der Waals surface area contributed by atoms with Gasteiger partial charge in [-0.25, -0.2) is 9.37 Å². The number of fused-ring (bicyclic) bond motifs is 1. The first-order valence-corrected chi connectivity index (χ1v) is 12.4. The maximum atomic E-state index is 14.6. The molecule has 8 heteroatoms.